The van der Waals surface area contributed by atoms with E-state index in [-0.39, 0.29) is 5.75 Å². The third-order valence-electron chi connectivity index (χ3n) is 4.03. The number of thiol groups is 1. The highest BCUT2D eigenvalue weighted by Crippen LogP contribution is 2.05. The van der Waals surface area contributed by atoms with Crippen molar-refractivity contribution in [2.75, 3.05) is 18.9 Å². The van der Waals surface area contributed by atoms with Crippen LogP contribution >= 0.6 is 12.6 Å². The van der Waals surface area contributed by atoms with Gasteiger partial charge in [-0.05, 0) is 19.4 Å². The zero-order valence-electron chi connectivity index (χ0n) is 15.0. The fourth-order valence-electron chi connectivity index (χ4n) is 2.52. The number of hydrogen-bond acceptors (Lipinski definition) is 8. The number of aliphatic carboxylic acids is 1. The number of carbonyl (C=O) groups excluding carboxylic acids is 4. The van der Waals surface area contributed by atoms with Crippen molar-refractivity contribution in [3.05, 3.63) is 0 Å². The molecule has 1 rings (SSSR count). The van der Waals surface area contributed by atoms with Crippen LogP contribution in [0.2, 0.25) is 0 Å². The number of amides is 4. The number of aliphatic hydroxyl groups excluding tert-OH is 1. The maximum atomic E-state index is 12.3. The molecule has 0 aromatic rings. The minimum Gasteiger partial charge on any atom is -0.480 e. The Hall–Kier alpha value is -2.38. The van der Waals surface area contributed by atoms with Crippen LogP contribution in [-0.4, -0.2) is 82.9 Å². The maximum absolute atomic E-state index is 12.3. The molecular weight excluding hydrogens is 394 g/mol. The first-order valence-corrected chi connectivity index (χ1v) is 9.20. The van der Waals surface area contributed by atoms with Crippen LogP contribution in [0.3, 0.4) is 0 Å². The largest absolute Gasteiger partial charge is 0.480 e. The number of nitrogens with two attached hydrogens (primary N) is 1. The summed E-state index contributed by atoms with van der Waals surface area (Å²) < 4.78 is 0. The Kier molecular flexibility index (Phi) is 9.68. The summed E-state index contributed by atoms with van der Waals surface area (Å²) in [5.41, 5.74) is 5.07. The quantitative estimate of drug-likeness (QED) is 0.155. The fourth-order valence-corrected chi connectivity index (χ4v) is 2.76. The van der Waals surface area contributed by atoms with Gasteiger partial charge in [-0.1, -0.05) is 0 Å². The Bertz CT molecular complexity index is 612. The lowest BCUT2D eigenvalue weighted by Gasteiger charge is -2.23. The van der Waals surface area contributed by atoms with Crippen LogP contribution in [0.25, 0.3) is 0 Å². The highest BCUT2D eigenvalue weighted by atomic mass is 32.1. The highest BCUT2D eigenvalue weighted by Gasteiger charge is 2.31. The second kappa shape index (κ2) is 11.5. The number of primary amides is 1. The summed E-state index contributed by atoms with van der Waals surface area (Å²) in [5, 5.41) is 28.0. The van der Waals surface area contributed by atoms with Gasteiger partial charge in [-0.25, -0.2) is 4.79 Å². The SMILES string of the molecule is NC(=O)CC(NC(=O)C(CO)NC(=O)C1CCCN1)C(=O)NC(CS)C(=O)O. The number of aliphatic hydroxyl groups is 1. The molecule has 1 fully saturated rings. The number of carbonyl (C=O) groups is 5. The average Bonchev–Trinajstić information content (AvgIpc) is 3.17. The molecule has 0 spiro atoms. The molecule has 0 saturated carbocycles. The zero-order chi connectivity index (χ0) is 21.3. The fraction of sp³-hybridized carbons (Fsp3) is 0.667. The van der Waals surface area contributed by atoms with Crippen LogP contribution in [0.15, 0.2) is 0 Å². The summed E-state index contributed by atoms with van der Waals surface area (Å²) in [6, 6.07) is -4.68. The number of nitrogens with one attached hydrogen (secondary N) is 4. The van der Waals surface area contributed by atoms with E-state index >= 15 is 0 Å². The molecule has 8 N–H and O–H groups in total. The van der Waals surface area contributed by atoms with Crippen molar-refractivity contribution < 1.29 is 34.2 Å². The molecular formula is C15H25N5O7S. The Morgan fingerprint density at radius 3 is 2.14 bits per heavy atom. The Morgan fingerprint density at radius 2 is 1.68 bits per heavy atom. The van der Waals surface area contributed by atoms with E-state index < -0.39 is 66.8 Å². The molecule has 1 saturated heterocycles. The molecule has 4 unspecified atom stereocenters. The molecule has 4 atom stereocenters. The van der Waals surface area contributed by atoms with Gasteiger partial charge in [0.25, 0.3) is 0 Å². The van der Waals surface area contributed by atoms with Gasteiger partial charge >= 0.3 is 5.97 Å². The second-order valence-corrected chi connectivity index (χ2v) is 6.57. The lowest BCUT2D eigenvalue weighted by molar-refractivity contribution is -0.141. The molecule has 1 heterocycles. The summed E-state index contributed by atoms with van der Waals surface area (Å²) in [6.45, 7) is -0.0889. The third-order valence-corrected chi connectivity index (χ3v) is 4.39. The van der Waals surface area contributed by atoms with Crippen molar-refractivity contribution in [3.8, 4) is 0 Å². The van der Waals surface area contributed by atoms with Gasteiger partial charge in [0.05, 0.1) is 19.1 Å². The molecule has 28 heavy (non-hydrogen) atoms. The van der Waals surface area contributed by atoms with Crippen LogP contribution in [-0.2, 0) is 24.0 Å². The number of carboxylic acids is 1. The summed E-state index contributed by atoms with van der Waals surface area (Å²) in [4.78, 5) is 58.9. The van der Waals surface area contributed by atoms with E-state index in [0.29, 0.717) is 13.0 Å². The predicted octanol–water partition coefficient (Wildman–Crippen LogP) is -3.93. The van der Waals surface area contributed by atoms with E-state index in [9.17, 15) is 29.1 Å². The van der Waals surface area contributed by atoms with Gasteiger partial charge in [0, 0.05) is 5.75 Å². The molecule has 0 aromatic carbocycles. The number of carboxylic acid groups (broad SMARTS) is 1. The van der Waals surface area contributed by atoms with E-state index in [1.807, 2.05) is 0 Å². The van der Waals surface area contributed by atoms with Gasteiger partial charge in [-0.3, -0.25) is 19.2 Å². The molecule has 1 aliphatic rings. The Balaban J connectivity index is 2.77. The number of hydrogen-bond donors (Lipinski definition) is 8. The standard InChI is InChI=1S/C15H25N5O7S/c16-11(22)4-8(13(24)20-10(6-28)15(26)27)18-14(25)9(5-21)19-12(23)7-2-1-3-17-7/h7-10,17,21,28H,1-6H2,(H2,16,22)(H,18,25)(H,19,23)(H,20,24)(H,26,27). The van der Waals surface area contributed by atoms with E-state index in [1.165, 1.54) is 0 Å². The molecule has 12 nitrogen and oxygen atoms in total. The molecule has 158 valence electrons. The van der Waals surface area contributed by atoms with E-state index in [1.54, 1.807) is 0 Å². The van der Waals surface area contributed by atoms with E-state index in [2.05, 4.69) is 33.9 Å². The van der Waals surface area contributed by atoms with Gasteiger partial charge in [0.2, 0.25) is 23.6 Å². The molecule has 4 amide bonds. The number of rotatable bonds is 11. The monoisotopic (exact) mass is 419 g/mol. The first-order valence-electron chi connectivity index (χ1n) is 8.56. The molecule has 0 aromatic heterocycles. The van der Waals surface area contributed by atoms with Crippen LogP contribution in [0.1, 0.15) is 19.3 Å². The first kappa shape index (κ1) is 23.7. The van der Waals surface area contributed by atoms with Gasteiger partial charge in [-0.2, -0.15) is 12.6 Å². The minimum atomic E-state index is -1.48. The highest BCUT2D eigenvalue weighted by molar-refractivity contribution is 7.80. The van der Waals surface area contributed by atoms with Crippen molar-refractivity contribution in [3.63, 3.8) is 0 Å². The van der Waals surface area contributed by atoms with Crippen molar-refractivity contribution in [1.82, 2.24) is 21.3 Å². The Labute approximate surface area is 166 Å². The average molecular weight is 419 g/mol. The van der Waals surface area contributed by atoms with Crippen LogP contribution in [0, 0.1) is 0 Å². The van der Waals surface area contributed by atoms with Gasteiger partial charge in [0.15, 0.2) is 0 Å². The summed E-state index contributed by atoms with van der Waals surface area (Å²) in [5.74, 6) is -4.86. The smallest absolute Gasteiger partial charge is 0.327 e. The lowest BCUT2D eigenvalue weighted by Crippen LogP contribution is -2.58. The molecule has 13 heteroatoms. The first-order chi connectivity index (χ1) is 13.2. The predicted molar refractivity (Wildman–Crippen MR) is 99.2 cm³/mol. The zero-order valence-corrected chi connectivity index (χ0v) is 15.9. The van der Waals surface area contributed by atoms with Crippen molar-refractivity contribution in [2.24, 2.45) is 5.73 Å². The maximum Gasteiger partial charge on any atom is 0.327 e. The van der Waals surface area contributed by atoms with Crippen LogP contribution in [0.4, 0.5) is 0 Å². The van der Waals surface area contributed by atoms with Crippen molar-refractivity contribution in [2.45, 2.75) is 43.4 Å². The molecule has 0 aliphatic carbocycles. The molecule has 0 radical (unpaired) electrons. The van der Waals surface area contributed by atoms with Crippen molar-refractivity contribution in [1.29, 1.82) is 0 Å². The second-order valence-electron chi connectivity index (χ2n) is 6.21. The normalized spacial score (nSPS) is 19.1. The van der Waals surface area contributed by atoms with Crippen molar-refractivity contribution >= 4 is 42.2 Å². The summed E-state index contributed by atoms with van der Waals surface area (Å²) in [7, 11) is 0. The summed E-state index contributed by atoms with van der Waals surface area (Å²) >= 11 is 3.80. The molecule has 0 bridgehead atoms. The van der Waals surface area contributed by atoms with E-state index in [4.69, 9.17) is 10.8 Å². The van der Waals surface area contributed by atoms with Gasteiger partial charge in [0.1, 0.15) is 18.1 Å². The molecule has 1 aliphatic heterocycles. The van der Waals surface area contributed by atoms with E-state index in [0.717, 1.165) is 6.42 Å². The van der Waals surface area contributed by atoms with Gasteiger partial charge in [-0.15, -0.1) is 0 Å². The lowest BCUT2D eigenvalue weighted by atomic mass is 10.1. The van der Waals surface area contributed by atoms with Gasteiger partial charge < -0.3 is 37.2 Å². The van der Waals surface area contributed by atoms with Crippen LogP contribution in [0.5, 0.6) is 0 Å². The Morgan fingerprint density at radius 1 is 1.07 bits per heavy atom. The van der Waals surface area contributed by atoms with Crippen LogP contribution < -0.4 is 27.0 Å². The third kappa shape index (κ3) is 7.32. The topological polar surface area (TPSA) is 200 Å². The summed E-state index contributed by atoms with van der Waals surface area (Å²) in [6.07, 6.45) is 0.774. The minimum absolute atomic E-state index is 0.220.